The van der Waals surface area contributed by atoms with Crippen LogP contribution in [-0.2, 0) is 27.2 Å². The molecule has 0 spiro atoms. The number of carbonyl (C=O) groups excluding carboxylic acids is 2. The van der Waals surface area contributed by atoms with Crippen LogP contribution in [0, 0.1) is 0 Å². The van der Waals surface area contributed by atoms with Crippen LogP contribution in [0.15, 0.2) is 48.5 Å². The van der Waals surface area contributed by atoms with Crippen molar-refractivity contribution in [3.63, 3.8) is 0 Å². The van der Waals surface area contributed by atoms with Crippen LogP contribution in [0.3, 0.4) is 0 Å². The lowest BCUT2D eigenvalue weighted by Crippen LogP contribution is -2.53. The summed E-state index contributed by atoms with van der Waals surface area (Å²) < 4.78 is 6.83. The van der Waals surface area contributed by atoms with Crippen molar-refractivity contribution < 1.29 is 29.3 Å². The number of aliphatic carboxylic acids is 1. The lowest BCUT2D eigenvalue weighted by Gasteiger charge is -2.31. The van der Waals surface area contributed by atoms with Crippen molar-refractivity contribution in [1.29, 1.82) is 0 Å². The summed E-state index contributed by atoms with van der Waals surface area (Å²) in [7, 11) is 0. The number of nitrogen functional groups attached to an aromatic ring is 1. The van der Waals surface area contributed by atoms with Crippen LogP contribution in [0.25, 0.3) is 10.9 Å². The third-order valence-electron chi connectivity index (χ3n) is 6.66. The fourth-order valence-corrected chi connectivity index (χ4v) is 4.75. The average molecular weight is 553 g/mol. The number of hydrogen-bond acceptors (Lipinski definition) is 7. The van der Waals surface area contributed by atoms with E-state index in [1.165, 1.54) is 21.7 Å². The van der Waals surface area contributed by atoms with Crippen LogP contribution >= 0.6 is 0 Å². The molecule has 40 heavy (non-hydrogen) atoms. The van der Waals surface area contributed by atoms with E-state index in [-0.39, 0.29) is 30.8 Å². The SMILES string of the molecule is CCCCCN(C(=O)C(N)Cc1ccc(O)cc1)C(Cc1c(C(=O)OC(C)(C)C)n(N)c2ccccc12)C(=O)O. The number of nitrogens with zero attached hydrogens (tertiary/aromatic N) is 2. The number of aromatic hydroxyl groups is 1. The summed E-state index contributed by atoms with van der Waals surface area (Å²) in [5.74, 6) is 4.03. The van der Waals surface area contributed by atoms with Gasteiger partial charge in [0, 0.05) is 18.4 Å². The number of nitrogens with two attached hydrogens (primary N) is 2. The minimum Gasteiger partial charge on any atom is -0.508 e. The summed E-state index contributed by atoms with van der Waals surface area (Å²) >= 11 is 0. The van der Waals surface area contributed by atoms with Crippen LogP contribution in [0.4, 0.5) is 0 Å². The van der Waals surface area contributed by atoms with E-state index in [0.717, 1.165) is 18.4 Å². The summed E-state index contributed by atoms with van der Waals surface area (Å²) in [6.07, 6.45) is 2.27. The van der Waals surface area contributed by atoms with E-state index in [1.807, 2.05) is 6.92 Å². The Morgan fingerprint density at radius 1 is 1.02 bits per heavy atom. The average Bonchev–Trinajstić information content (AvgIpc) is 3.17. The van der Waals surface area contributed by atoms with E-state index in [1.54, 1.807) is 57.2 Å². The van der Waals surface area contributed by atoms with Crippen molar-refractivity contribution in [2.24, 2.45) is 5.73 Å². The molecule has 216 valence electrons. The first-order valence-electron chi connectivity index (χ1n) is 13.5. The molecule has 2 unspecified atom stereocenters. The van der Waals surface area contributed by atoms with Crippen LogP contribution < -0.4 is 11.6 Å². The van der Waals surface area contributed by atoms with Gasteiger partial charge in [-0.15, -0.1) is 0 Å². The number of esters is 1. The minimum atomic E-state index is -1.30. The number of ether oxygens (including phenoxy) is 1. The number of unbranched alkanes of at least 4 members (excludes halogenated alkanes) is 2. The van der Waals surface area contributed by atoms with Gasteiger partial charge in [-0.05, 0) is 62.9 Å². The van der Waals surface area contributed by atoms with Gasteiger partial charge in [0.2, 0.25) is 5.91 Å². The van der Waals surface area contributed by atoms with E-state index >= 15 is 0 Å². The molecule has 0 saturated carbocycles. The molecule has 3 aromatic rings. The van der Waals surface area contributed by atoms with E-state index in [2.05, 4.69) is 0 Å². The van der Waals surface area contributed by atoms with Crippen LogP contribution in [0.5, 0.6) is 5.75 Å². The Kier molecular flexibility index (Phi) is 9.81. The Morgan fingerprint density at radius 3 is 2.27 bits per heavy atom. The van der Waals surface area contributed by atoms with Crippen LogP contribution in [0.2, 0.25) is 0 Å². The van der Waals surface area contributed by atoms with Gasteiger partial charge in [0.25, 0.3) is 0 Å². The molecular weight excluding hydrogens is 512 g/mol. The van der Waals surface area contributed by atoms with Crippen LogP contribution in [0.1, 0.15) is 68.6 Å². The van der Waals surface area contributed by atoms with Crippen molar-refractivity contribution in [2.75, 3.05) is 12.4 Å². The number of phenols is 1. The largest absolute Gasteiger partial charge is 0.508 e. The Balaban J connectivity index is 2.03. The lowest BCUT2D eigenvalue weighted by atomic mass is 9.98. The first kappa shape index (κ1) is 30.5. The molecule has 1 heterocycles. The molecule has 10 heteroatoms. The molecule has 10 nitrogen and oxygen atoms in total. The number of carboxylic acid groups (broad SMARTS) is 1. The highest BCUT2D eigenvalue weighted by Gasteiger charge is 2.36. The minimum absolute atomic E-state index is 0.0386. The molecule has 3 rings (SSSR count). The Morgan fingerprint density at radius 2 is 1.68 bits per heavy atom. The van der Waals surface area contributed by atoms with Gasteiger partial charge in [0.05, 0.1) is 11.6 Å². The zero-order chi connectivity index (χ0) is 29.6. The monoisotopic (exact) mass is 552 g/mol. The summed E-state index contributed by atoms with van der Waals surface area (Å²) in [5.41, 5.74) is 7.21. The van der Waals surface area contributed by atoms with Crippen molar-refractivity contribution in [3.8, 4) is 5.75 Å². The summed E-state index contributed by atoms with van der Waals surface area (Å²) in [4.78, 5) is 41.0. The Labute approximate surface area is 234 Å². The van der Waals surface area contributed by atoms with Gasteiger partial charge in [0.15, 0.2) is 5.69 Å². The highest BCUT2D eigenvalue weighted by molar-refractivity contribution is 6.00. The summed E-state index contributed by atoms with van der Waals surface area (Å²) in [5, 5.41) is 20.6. The first-order valence-corrected chi connectivity index (χ1v) is 13.5. The number of phenolic OH excluding ortho intramolecular Hbond substituents is 1. The smallest absolute Gasteiger partial charge is 0.357 e. The molecular formula is C30H40N4O6. The number of carboxylic acids is 1. The number of benzene rings is 2. The molecule has 2 aromatic carbocycles. The van der Waals surface area contributed by atoms with E-state index in [9.17, 15) is 24.6 Å². The van der Waals surface area contributed by atoms with Gasteiger partial charge < -0.3 is 31.4 Å². The van der Waals surface area contributed by atoms with Crippen molar-refractivity contribution in [2.45, 2.75) is 77.5 Å². The molecule has 0 bridgehead atoms. The number of amides is 1. The number of aromatic nitrogens is 1. The van der Waals surface area contributed by atoms with Crippen molar-refractivity contribution in [3.05, 3.63) is 65.4 Å². The zero-order valence-electron chi connectivity index (χ0n) is 23.6. The maximum Gasteiger partial charge on any atom is 0.357 e. The van der Waals surface area contributed by atoms with Gasteiger partial charge in [-0.3, -0.25) is 9.47 Å². The molecule has 6 N–H and O–H groups in total. The molecule has 2 atom stereocenters. The molecule has 0 saturated heterocycles. The predicted octanol–water partition coefficient (Wildman–Crippen LogP) is 3.60. The van der Waals surface area contributed by atoms with E-state index in [0.29, 0.717) is 22.9 Å². The normalized spacial score (nSPS) is 13.1. The Hall–Kier alpha value is -4.05. The predicted molar refractivity (Wildman–Crippen MR) is 153 cm³/mol. The molecule has 0 fully saturated rings. The third kappa shape index (κ3) is 7.32. The maximum absolute atomic E-state index is 13.7. The highest BCUT2D eigenvalue weighted by atomic mass is 16.6. The fourth-order valence-electron chi connectivity index (χ4n) is 4.75. The van der Waals surface area contributed by atoms with Gasteiger partial charge >= 0.3 is 11.9 Å². The number of rotatable bonds is 12. The third-order valence-corrected chi connectivity index (χ3v) is 6.66. The quantitative estimate of drug-likeness (QED) is 0.151. The van der Waals surface area contributed by atoms with E-state index in [4.69, 9.17) is 16.3 Å². The standard InChI is InChI=1S/C30H40N4O6/c1-5-6-9-16-33(27(36)23(31)17-19-12-14-20(35)15-13-19)25(28(37)38)18-22-21-10-7-8-11-24(21)34(32)26(22)29(39)40-30(2,3)4/h7-8,10-15,23,25,35H,5-6,9,16-18,31-32H2,1-4H3,(H,37,38). The van der Waals surface area contributed by atoms with Gasteiger partial charge in [-0.25, -0.2) is 9.59 Å². The molecule has 1 aromatic heterocycles. The maximum atomic E-state index is 13.7. The molecule has 0 aliphatic carbocycles. The number of hydrogen-bond donors (Lipinski definition) is 4. The molecule has 0 aliphatic heterocycles. The number of para-hydroxylation sites is 1. The second-order valence-corrected chi connectivity index (χ2v) is 11.0. The van der Waals surface area contributed by atoms with E-state index < -0.39 is 35.5 Å². The molecule has 0 radical (unpaired) electrons. The summed E-state index contributed by atoms with van der Waals surface area (Å²) in [6.45, 7) is 7.41. The second-order valence-electron chi connectivity index (χ2n) is 11.0. The Bertz CT molecular complexity index is 1340. The second kappa shape index (κ2) is 12.9. The lowest BCUT2D eigenvalue weighted by molar-refractivity contribution is -0.150. The topological polar surface area (TPSA) is 161 Å². The fraction of sp³-hybridized carbons (Fsp3) is 0.433. The van der Waals surface area contributed by atoms with Gasteiger partial charge in [-0.1, -0.05) is 50.1 Å². The van der Waals surface area contributed by atoms with Gasteiger partial charge in [-0.2, -0.15) is 0 Å². The van der Waals surface area contributed by atoms with Gasteiger partial charge in [0.1, 0.15) is 17.4 Å². The van der Waals surface area contributed by atoms with Crippen molar-refractivity contribution in [1.82, 2.24) is 9.58 Å². The number of fused-ring (bicyclic) bond motifs is 1. The zero-order valence-corrected chi connectivity index (χ0v) is 23.6. The van der Waals surface area contributed by atoms with Crippen molar-refractivity contribution >= 4 is 28.7 Å². The summed E-state index contributed by atoms with van der Waals surface area (Å²) in [6, 6.07) is 11.1. The first-order chi connectivity index (χ1) is 18.8. The molecule has 1 amide bonds. The highest BCUT2D eigenvalue weighted by Crippen LogP contribution is 2.29. The molecule has 0 aliphatic rings. The number of carbonyl (C=O) groups is 3. The van der Waals surface area contributed by atoms with Crippen LogP contribution in [-0.4, -0.2) is 61.9 Å².